The smallest absolute Gasteiger partial charge is 0.216 e. The lowest BCUT2D eigenvalue weighted by Gasteiger charge is -1.99. The summed E-state index contributed by atoms with van der Waals surface area (Å²) in [5.74, 6) is 0.0299. The average Bonchev–Trinajstić information content (AvgIpc) is 2.31. The summed E-state index contributed by atoms with van der Waals surface area (Å²) in [6.45, 7) is 4.44. The lowest BCUT2D eigenvalue weighted by molar-refractivity contribution is -0.118. The molecular weight excluding hydrogens is 210 g/mol. The highest BCUT2D eigenvalue weighted by Gasteiger charge is 1.91. The highest BCUT2D eigenvalue weighted by atomic mass is 16.1. The zero-order chi connectivity index (χ0) is 12.5. The van der Waals surface area contributed by atoms with E-state index in [2.05, 4.69) is 48.7 Å². The summed E-state index contributed by atoms with van der Waals surface area (Å²) in [6, 6.07) is 8.63. The molecule has 0 spiro atoms. The van der Waals surface area contributed by atoms with Crippen LogP contribution in [0.4, 0.5) is 0 Å². The number of carbonyl (C=O) groups excluding carboxylic acids is 1. The second-order valence-electron chi connectivity index (χ2n) is 4.17. The van der Waals surface area contributed by atoms with Gasteiger partial charge in [0.25, 0.3) is 0 Å². The fourth-order valence-corrected chi connectivity index (χ4v) is 1.64. The Morgan fingerprint density at radius 2 is 2.00 bits per heavy atom. The van der Waals surface area contributed by atoms with Gasteiger partial charge in [-0.15, -0.1) is 0 Å². The zero-order valence-electron chi connectivity index (χ0n) is 10.7. The molecule has 1 rings (SSSR count). The van der Waals surface area contributed by atoms with Crippen LogP contribution in [0.5, 0.6) is 0 Å². The van der Waals surface area contributed by atoms with Crippen molar-refractivity contribution in [2.75, 3.05) is 6.54 Å². The van der Waals surface area contributed by atoms with Crippen LogP contribution >= 0.6 is 0 Å². The standard InChI is InChI=1S/C15H21NO/c1-3-6-14-8-10-15(11-9-14)7-4-5-12-16-13(2)17/h4,7-11H,3,5-6,12H2,1-2H3,(H,16,17). The highest BCUT2D eigenvalue weighted by Crippen LogP contribution is 2.08. The van der Waals surface area contributed by atoms with Crippen LogP contribution in [-0.4, -0.2) is 12.5 Å². The van der Waals surface area contributed by atoms with E-state index >= 15 is 0 Å². The molecule has 0 fully saturated rings. The third-order valence-corrected chi connectivity index (χ3v) is 2.51. The van der Waals surface area contributed by atoms with Gasteiger partial charge in [0.1, 0.15) is 0 Å². The summed E-state index contributed by atoms with van der Waals surface area (Å²) in [5.41, 5.74) is 2.61. The van der Waals surface area contributed by atoms with Crippen molar-refractivity contribution in [2.24, 2.45) is 0 Å². The molecule has 0 bridgehead atoms. The Balaban J connectivity index is 2.35. The van der Waals surface area contributed by atoms with Gasteiger partial charge in [0.05, 0.1) is 0 Å². The number of amides is 1. The predicted octanol–water partition coefficient (Wildman–Crippen LogP) is 3.18. The first-order chi connectivity index (χ1) is 8.22. The van der Waals surface area contributed by atoms with Gasteiger partial charge in [-0.2, -0.15) is 0 Å². The summed E-state index contributed by atoms with van der Waals surface area (Å²) >= 11 is 0. The monoisotopic (exact) mass is 231 g/mol. The average molecular weight is 231 g/mol. The molecule has 0 aliphatic carbocycles. The summed E-state index contributed by atoms with van der Waals surface area (Å²) in [4.78, 5) is 10.6. The molecule has 92 valence electrons. The SMILES string of the molecule is CCCc1ccc(C=CCCNC(C)=O)cc1. The lowest BCUT2D eigenvalue weighted by atomic mass is 10.1. The van der Waals surface area contributed by atoms with Gasteiger partial charge in [-0.1, -0.05) is 49.8 Å². The number of benzene rings is 1. The Morgan fingerprint density at radius 1 is 1.29 bits per heavy atom. The fourth-order valence-electron chi connectivity index (χ4n) is 1.64. The number of aryl methyl sites for hydroxylation is 1. The Labute approximate surface area is 104 Å². The van der Waals surface area contributed by atoms with E-state index < -0.39 is 0 Å². The molecule has 17 heavy (non-hydrogen) atoms. The third-order valence-electron chi connectivity index (χ3n) is 2.51. The molecule has 0 aliphatic rings. The van der Waals surface area contributed by atoms with E-state index in [9.17, 15) is 4.79 Å². The maximum absolute atomic E-state index is 10.6. The molecule has 0 radical (unpaired) electrons. The van der Waals surface area contributed by atoms with E-state index in [1.54, 1.807) is 0 Å². The Hall–Kier alpha value is -1.57. The summed E-state index contributed by atoms with van der Waals surface area (Å²) in [6.07, 6.45) is 7.39. The number of carbonyl (C=O) groups is 1. The second-order valence-corrected chi connectivity index (χ2v) is 4.17. The molecule has 0 saturated heterocycles. The fraction of sp³-hybridized carbons (Fsp3) is 0.400. The van der Waals surface area contributed by atoms with E-state index in [4.69, 9.17) is 0 Å². The van der Waals surface area contributed by atoms with Crippen molar-refractivity contribution in [2.45, 2.75) is 33.1 Å². The number of hydrogen-bond donors (Lipinski definition) is 1. The van der Waals surface area contributed by atoms with Gasteiger partial charge in [0.15, 0.2) is 0 Å². The molecule has 1 aromatic rings. The number of hydrogen-bond acceptors (Lipinski definition) is 1. The lowest BCUT2D eigenvalue weighted by Crippen LogP contribution is -2.20. The molecule has 1 aromatic carbocycles. The number of nitrogens with one attached hydrogen (secondary N) is 1. The van der Waals surface area contributed by atoms with Gasteiger partial charge in [0, 0.05) is 13.5 Å². The molecule has 0 saturated carbocycles. The van der Waals surface area contributed by atoms with E-state index in [1.807, 2.05) is 0 Å². The Bertz CT molecular complexity index is 365. The summed E-state index contributed by atoms with van der Waals surface area (Å²) in [7, 11) is 0. The van der Waals surface area contributed by atoms with Gasteiger partial charge < -0.3 is 5.32 Å². The molecule has 0 heterocycles. The van der Waals surface area contributed by atoms with Crippen LogP contribution < -0.4 is 5.32 Å². The topological polar surface area (TPSA) is 29.1 Å². The van der Waals surface area contributed by atoms with E-state index in [0.29, 0.717) is 6.54 Å². The second kappa shape index (κ2) is 7.66. The van der Waals surface area contributed by atoms with Crippen LogP contribution in [0.15, 0.2) is 30.3 Å². The van der Waals surface area contributed by atoms with Crippen LogP contribution in [-0.2, 0) is 11.2 Å². The number of rotatable bonds is 6. The molecular formula is C15H21NO. The van der Waals surface area contributed by atoms with Gasteiger partial charge in [-0.3, -0.25) is 4.79 Å². The van der Waals surface area contributed by atoms with Crippen LogP contribution in [0.2, 0.25) is 0 Å². The van der Waals surface area contributed by atoms with E-state index in [1.165, 1.54) is 24.5 Å². The first kappa shape index (κ1) is 13.5. The van der Waals surface area contributed by atoms with Crippen LogP contribution in [0, 0.1) is 0 Å². The molecule has 1 amide bonds. The molecule has 2 heteroatoms. The van der Waals surface area contributed by atoms with Crippen LogP contribution in [0.3, 0.4) is 0 Å². The third kappa shape index (κ3) is 5.91. The predicted molar refractivity (Wildman–Crippen MR) is 72.8 cm³/mol. The maximum Gasteiger partial charge on any atom is 0.216 e. The highest BCUT2D eigenvalue weighted by molar-refractivity contribution is 5.72. The van der Waals surface area contributed by atoms with Gasteiger partial charge >= 0.3 is 0 Å². The van der Waals surface area contributed by atoms with Crippen LogP contribution in [0.1, 0.15) is 37.8 Å². The van der Waals surface area contributed by atoms with Crippen molar-refractivity contribution >= 4 is 12.0 Å². The Kier molecular flexibility index (Phi) is 6.08. The first-order valence-electron chi connectivity index (χ1n) is 6.22. The van der Waals surface area contributed by atoms with Gasteiger partial charge in [-0.25, -0.2) is 0 Å². The van der Waals surface area contributed by atoms with Crippen molar-refractivity contribution in [3.05, 3.63) is 41.5 Å². The minimum absolute atomic E-state index is 0.0299. The molecule has 0 atom stereocenters. The molecule has 0 aromatic heterocycles. The van der Waals surface area contributed by atoms with E-state index in [0.717, 1.165) is 12.8 Å². The summed E-state index contributed by atoms with van der Waals surface area (Å²) in [5, 5.41) is 2.77. The zero-order valence-corrected chi connectivity index (χ0v) is 10.7. The minimum Gasteiger partial charge on any atom is -0.356 e. The van der Waals surface area contributed by atoms with Crippen molar-refractivity contribution in [3.63, 3.8) is 0 Å². The Morgan fingerprint density at radius 3 is 2.59 bits per heavy atom. The first-order valence-corrected chi connectivity index (χ1v) is 6.22. The normalized spacial score (nSPS) is 10.7. The summed E-state index contributed by atoms with van der Waals surface area (Å²) < 4.78 is 0. The van der Waals surface area contributed by atoms with E-state index in [-0.39, 0.29) is 5.91 Å². The van der Waals surface area contributed by atoms with Crippen molar-refractivity contribution in [1.82, 2.24) is 5.32 Å². The molecule has 1 N–H and O–H groups in total. The van der Waals surface area contributed by atoms with Crippen molar-refractivity contribution < 1.29 is 4.79 Å². The maximum atomic E-state index is 10.6. The van der Waals surface area contributed by atoms with Crippen molar-refractivity contribution in [1.29, 1.82) is 0 Å². The molecule has 0 unspecified atom stereocenters. The minimum atomic E-state index is 0.0299. The molecule has 2 nitrogen and oxygen atoms in total. The van der Waals surface area contributed by atoms with Crippen molar-refractivity contribution in [3.8, 4) is 0 Å². The van der Waals surface area contributed by atoms with Crippen LogP contribution in [0.25, 0.3) is 6.08 Å². The van der Waals surface area contributed by atoms with Gasteiger partial charge in [0.2, 0.25) is 5.91 Å². The largest absolute Gasteiger partial charge is 0.356 e. The quantitative estimate of drug-likeness (QED) is 0.748. The van der Waals surface area contributed by atoms with Gasteiger partial charge in [-0.05, 0) is 24.0 Å². The molecule has 0 aliphatic heterocycles.